The Morgan fingerprint density at radius 2 is 1.86 bits per heavy atom. The van der Waals surface area contributed by atoms with Crippen molar-refractivity contribution >= 4 is 24.0 Å². The zero-order valence-electron chi connectivity index (χ0n) is 8.28. The van der Waals surface area contributed by atoms with Gasteiger partial charge in [0.1, 0.15) is 0 Å². The van der Waals surface area contributed by atoms with Gasteiger partial charge in [0.05, 0.1) is 6.04 Å². The van der Waals surface area contributed by atoms with E-state index in [9.17, 15) is 4.79 Å². The maximum Gasteiger partial charge on any atom is 0.241 e. The molecule has 1 atom stereocenters. The normalized spacial score (nSPS) is 11.3. The molecule has 0 aliphatic rings. The molecule has 78 valence electrons. The number of rotatable bonds is 3. The Balaban J connectivity index is 0.00000169. The molecule has 0 aliphatic carbocycles. The lowest BCUT2D eigenvalue weighted by Crippen LogP contribution is -2.35. The van der Waals surface area contributed by atoms with E-state index in [0.29, 0.717) is 0 Å². The van der Waals surface area contributed by atoms with Crippen molar-refractivity contribution in [3.8, 4) is 0 Å². The van der Waals surface area contributed by atoms with Crippen LogP contribution in [0.3, 0.4) is 0 Å². The molecule has 0 aromatic heterocycles. The van der Waals surface area contributed by atoms with Crippen LogP contribution < -0.4 is 10.6 Å². The van der Waals surface area contributed by atoms with Crippen LogP contribution in [-0.4, -0.2) is 19.0 Å². The summed E-state index contributed by atoms with van der Waals surface area (Å²) in [6.07, 6.45) is 0. The molecule has 0 fully saturated rings. The standard InChI is InChI=1S/C10H14N2O.ClH/c1-8(11-2)10(13)12-9-6-4-3-5-7-9;/h3-8,11H,1-2H3,(H,12,13);1H/t8-;/m0./s1. The van der Waals surface area contributed by atoms with Crippen LogP contribution in [0.4, 0.5) is 5.69 Å². The van der Waals surface area contributed by atoms with Crippen LogP contribution in [0.25, 0.3) is 0 Å². The van der Waals surface area contributed by atoms with Gasteiger partial charge >= 0.3 is 0 Å². The maximum atomic E-state index is 11.4. The Kier molecular flexibility index (Phi) is 5.92. The summed E-state index contributed by atoms with van der Waals surface area (Å²) in [4.78, 5) is 11.4. The second-order valence-electron chi connectivity index (χ2n) is 2.87. The fourth-order valence-corrected chi connectivity index (χ4v) is 0.903. The molecule has 2 N–H and O–H groups in total. The third kappa shape index (κ3) is 3.77. The summed E-state index contributed by atoms with van der Waals surface area (Å²) >= 11 is 0. The number of anilines is 1. The molecule has 1 amide bonds. The first-order chi connectivity index (χ1) is 6.24. The summed E-state index contributed by atoms with van der Waals surface area (Å²) in [5.41, 5.74) is 0.828. The molecule has 3 nitrogen and oxygen atoms in total. The molecule has 0 unspecified atom stereocenters. The predicted octanol–water partition coefficient (Wildman–Crippen LogP) is 1.65. The number of likely N-dealkylation sites (N-methyl/N-ethyl adjacent to an activating group) is 1. The molecule has 1 aromatic carbocycles. The number of hydrogen-bond acceptors (Lipinski definition) is 2. The highest BCUT2D eigenvalue weighted by molar-refractivity contribution is 5.94. The highest BCUT2D eigenvalue weighted by atomic mass is 35.5. The lowest BCUT2D eigenvalue weighted by molar-refractivity contribution is -0.117. The molecule has 1 rings (SSSR count). The first-order valence-electron chi connectivity index (χ1n) is 4.27. The fraction of sp³-hybridized carbons (Fsp3) is 0.300. The van der Waals surface area contributed by atoms with Gasteiger partial charge in [0.25, 0.3) is 0 Å². The van der Waals surface area contributed by atoms with Crippen molar-refractivity contribution in [3.63, 3.8) is 0 Å². The van der Waals surface area contributed by atoms with Crippen molar-refractivity contribution in [1.29, 1.82) is 0 Å². The van der Waals surface area contributed by atoms with E-state index in [-0.39, 0.29) is 24.4 Å². The van der Waals surface area contributed by atoms with E-state index in [4.69, 9.17) is 0 Å². The molecule has 14 heavy (non-hydrogen) atoms. The van der Waals surface area contributed by atoms with Gasteiger partial charge in [-0.25, -0.2) is 0 Å². The minimum Gasteiger partial charge on any atom is -0.325 e. The zero-order valence-corrected chi connectivity index (χ0v) is 9.10. The number of carbonyl (C=O) groups is 1. The monoisotopic (exact) mass is 214 g/mol. The van der Waals surface area contributed by atoms with Crippen LogP contribution >= 0.6 is 12.4 Å². The van der Waals surface area contributed by atoms with Crippen molar-refractivity contribution < 1.29 is 4.79 Å². The van der Waals surface area contributed by atoms with Crippen LogP contribution in [0.5, 0.6) is 0 Å². The van der Waals surface area contributed by atoms with E-state index in [2.05, 4.69) is 10.6 Å². The van der Waals surface area contributed by atoms with Crippen LogP contribution in [0.15, 0.2) is 30.3 Å². The summed E-state index contributed by atoms with van der Waals surface area (Å²) in [5, 5.41) is 5.66. The number of halogens is 1. The van der Waals surface area contributed by atoms with E-state index in [1.165, 1.54) is 0 Å². The van der Waals surface area contributed by atoms with Crippen molar-refractivity contribution in [2.45, 2.75) is 13.0 Å². The van der Waals surface area contributed by atoms with E-state index in [1.807, 2.05) is 37.3 Å². The van der Waals surface area contributed by atoms with Crippen LogP contribution in [0.2, 0.25) is 0 Å². The molecule has 0 heterocycles. The highest BCUT2D eigenvalue weighted by Gasteiger charge is 2.08. The highest BCUT2D eigenvalue weighted by Crippen LogP contribution is 2.04. The van der Waals surface area contributed by atoms with Gasteiger partial charge in [0.2, 0.25) is 5.91 Å². The number of carbonyl (C=O) groups excluding carboxylic acids is 1. The maximum absolute atomic E-state index is 11.4. The summed E-state index contributed by atoms with van der Waals surface area (Å²) in [5.74, 6) is -0.0197. The number of benzene rings is 1. The molecule has 4 heteroatoms. The van der Waals surface area contributed by atoms with Gasteiger partial charge in [-0.2, -0.15) is 0 Å². The SMILES string of the molecule is CN[C@@H](C)C(=O)Nc1ccccc1.Cl. The summed E-state index contributed by atoms with van der Waals surface area (Å²) in [6, 6.07) is 9.25. The predicted molar refractivity (Wildman–Crippen MR) is 60.8 cm³/mol. The molecule has 0 bridgehead atoms. The van der Waals surface area contributed by atoms with Gasteiger partial charge in [0.15, 0.2) is 0 Å². The fourth-order valence-electron chi connectivity index (χ4n) is 0.903. The minimum absolute atomic E-state index is 0. The average Bonchev–Trinajstić information content (AvgIpc) is 2.18. The van der Waals surface area contributed by atoms with Crippen LogP contribution in [-0.2, 0) is 4.79 Å². The van der Waals surface area contributed by atoms with E-state index in [0.717, 1.165) is 5.69 Å². The molecular formula is C10H15ClN2O. The molecule has 0 spiro atoms. The van der Waals surface area contributed by atoms with Crippen LogP contribution in [0.1, 0.15) is 6.92 Å². The number of amides is 1. The molecule has 0 radical (unpaired) electrons. The number of para-hydroxylation sites is 1. The van der Waals surface area contributed by atoms with Gasteiger partial charge in [-0.3, -0.25) is 4.79 Å². The Morgan fingerprint density at radius 1 is 1.29 bits per heavy atom. The molecule has 0 saturated carbocycles. The number of nitrogens with one attached hydrogen (secondary N) is 2. The molecule has 0 saturated heterocycles. The quantitative estimate of drug-likeness (QED) is 0.804. The lowest BCUT2D eigenvalue weighted by Gasteiger charge is -2.10. The van der Waals surface area contributed by atoms with Crippen molar-refractivity contribution in [2.75, 3.05) is 12.4 Å². The average molecular weight is 215 g/mol. The van der Waals surface area contributed by atoms with Gasteiger partial charge in [-0.1, -0.05) is 18.2 Å². The largest absolute Gasteiger partial charge is 0.325 e. The van der Waals surface area contributed by atoms with Crippen molar-refractivity contribution in [2.24, 2.45) is 0 Å². The first-order valence-corrected chi connectivity index (χ1v) is 4.27. The van der Waals surface area contributed by atoms with Crippen molar-refractivity contribution in [3.05, 3.63) is 30.3 Å². The summed E-state index contributed by atoms with van der Waals surface area (Å²) < 4.78 is 0. The smallest absolute Gasteiger partial charge is 0.241 e. The first kappa shape index (κ1) is 12.9. The third-order valence-electron chi connectivity index (χ3n) is 1.87. The molecular weight excluding hydrogens is 200 g/mol. The minimum atomic E-state index is -0.166. The topological polar surface area (TPSA) is 41.1 Å². The lowest BCUT2D eigenvalue weighted by atomic mass is 10.3. The second-order valence-corrected chi connectivity index (χ2v) is 2.87. The Labute approximate surface area is 90.3 Å². The Bertz CT molecular complexity index is 277. The van der Waals surface area contributed by atoms with Crippen LogP contribution in [0, 0.1) is 0 Å². The summed E-state index contributed by atoms with van der Waals surface area (Å²) in [6.45, 7) is 1.82. The van der Waals surface area contributed by atoms with E-state index in [1.54, 1.807) is 7.05 Å². The van der Waals surface area contributed by atoms with E-state index >= 15 is 0 Å². The van der Waals surface area contributed by atoms with Crippen molar-refractivity contribution in [1.82, 2.24) is 5.32 Å². The Morgan fingerprint density at radius 3 is 2.36 bits per heavy atom. The zero-order chi connectivity index (χ0) is 9.68. The van der Waals surface area contributed by atoms with Gasteiger partial charge in [-0.05, 0) is 26.1 Å². The van der Waals surface area contributed by atoms with Gasteiger partial charge in [0, 0.05) is 5.69 Å². The second kappa shape index (κ2) is 6.40. The Hall–Kier alpha value is -1.06. The van der Waals surface area contributed by atoms with E-state index < -0.39 is 0 Å². The third-order valence-corrected chi connectivity index (χ3v) is 1.87. The number of hydrogen-bond donors (Lipinski definition) is 2. The summed E-state index contributed by atoms with van der Waals surface area (Å²) in [7, 11) is 1.76. The van der Waals surface area contributed by atoms with Gasteiger partial charge in [-0.15, -0.1) is 12.4 Å². The van der Waals surface area contributed by atoms with Gasteiger partial charge < -0.3 is 10.6 Å². The molecule has 1 aromatic rings. The molecule has 0 aliphatic heterocycles.